The van der Waals surface area contributed by atoms with Crippen LogP contribution < -0.4 is 0 Å². The predicted molar refractivity (Wildman–Crippen MR) is 112 cm³/mol. The van der Waals surface area contributed by atoms with Crippen LogP contribution in [0.4, 0.5) is 0 Å². The summed E-state index contributed by atoms with van der Waals surface area (Å²) in [6, 6.07) is 11.3. The maximum atomic E-state index is 12.5. The Balaban J connectivity index is 1.67. The van der Waals surface area contributed by atoms with E-state index < -0.39 is 0 Å². The highest BCUT2D eigenvalue weighted by molar-refractivity contribution is 5.98. The van der Waals surface area contributed by atoms with Gasteiger partial charge in [-0.05, 0) is 48.2 Å². The number of ketones is 1. The van der Waals surface area contributed by atoms with Crippen molar-refractivity contribution in [3.63, 3.8) is 0 Å². The van der Waals surface area contributed by atoms with Gasteiger partial charge in [-0.1, -0.05) is 13.8 Å². The number of Topliss-reactive ketones (excluding diaryl/α,β-unsaturated/α-hetero) is 1. The molecule has 0 bridgehead atoms. The number of carbonyl (C=O) groups excluding carboxylic acids is 1. The average molecular weight is 396 g/mol. The molecule has 5 rings (SSSR count). The van der Waals surface area contributed by atoms with Crippen molar-refractivity contribution in [1.29, 1.82) is 0 Å². The van der Waals surface area contributed by atoms with E-state index >= 15 is 0 Å². The summed E-state index contributed by atoms with van der Waals surface area (Å²) in [7, 11) is 0. The fraction of sp³-hybridized carbons (Fsp3) is 0.217. The highest BCUT2D eigenvalue weighted by Gasteiger charge is 2.32. The molecule has 0 N–H and O–H groups in total. The fourth-order valence-corrected chi connectivity index (χ4v) is 3.81. The van der Waals surface area contributed by atoms with Crippen molar-refractivity contribution >= 4 is 5.78 Å². The van der Waals surface area contributed by atoms with Gasteiger partial charge in [-0.15, -0.1) is 5.10 Å². The van der Waals surface area contributed by atoms with Crippen molar-refractivity contribution < 1.29 is 4.79 Å². The molecule has 0 saturated heterocycles. The molecule has 4 aromatic heterocycles. The summed E-state index contributed by atoms with van der Waals surface area (Å²) in [6.45, 7) is 4.20. The van der Waals surface area contributed by atoms with Crippen LogP contribution in [-0.2, 0) is 6.42 Å². The van der Waals surface area contributed by atoms with E-state index in [-0.39, 0.29) is 11.2 Å². The van der Waals surface area contributed by atoms with Gasteiger partial charge < -0.3 is 0 Å². The molecule has 0 aliphatic heterocycles. The first-order chi connectivity index (χ1) is 14.5. The zero-order valence-corrected chi connectivity index (χ0v) is 16.8. The van der Waals surface area contributed by atoms with E-state index in [0.717, 1.165) is 23.4 Å². The Morgan fingerprint density at radius 1 is 0.933 bits per heavy atom. The Bertz CT molecular complexity index is 1230. The lowest BCUT2D eigenvalue weighted by molar-refractivity contribution is 0.0910. The molecule has 0 saturated carbocycles. The van der Waals surface area contributed by atoms with Crippen molar-refractivity contribution in [2.75, 3.05) is 0 Å². The van der Waals surface area contributed by atoms with Crippen molar-refractivity contribution in [1.82, 2.24) is 29.7 Å². The second-order valence-corrected chi connectivity index (χ2v) is 8.26. The number of rotatable bonds is 3. The average Bonchev–Trinajstić information content (AvgIpc) is 3.19. The second-order valence-electron chi connectivity index (χ2n) is 8.26. The maximum Gasteiger partial charge on any atom is 0.183 e. The first kappa shape index (κ1) is 18.3. The molecule has 0 radical (unpaired) electrons. The van der Waals surface area contributed by atoms with E-state index in [1.807, 2.05) is 36.4 Å². The lowest BCUT2D eigenvalue weighted by atomic mass is 9.75. The lowest BCUT2D eigenvalue weighted by Gasteiger charge is -2.29. The molecule has 0 atom stereocenters. The zero-order valence-electron chi connectivity index (χ0n) is 16.8. The zero-order chi connectivity index (χ0) is 20.7. The summed E-state index contributed by atoms with van der Waals surface area (Å²) in [5.41, 5.74) is 3.69. The third-order valence-corrected chi connectivity index (χ3v) is 5.21. The van der Waals surface area contributed by atoms with Crippen LogP contribution >= 0.6 is 0 Å². The van der Waals surface area contributed by atoms with Crippen LogP contribution in [-0.4, -0.2) is 35.5 Å². The highest BCUT2D eigenvalue weighted by atomic mass is 16.1. The van der Waals surface area contributed by atoms with Gasteiger partial charge in [0, 0.05) is 36.1 Å². The number of nitrogens with zero attached hydrogens (tertiary/aromatic N) is 6. The van der Waals surface area contributed by atoms with Gasteiger partial charge in [-0.25, -0.2) is 14.6 Å². The summed E-state index contributed by atoms with van der Waals surface area (Å²) in [4.78, 5) is 30.5. The summed E-state index contributed by atoms with van der Waals surface area (Å²) in [5.74, 6) is 1.29. The SMILES string of the molecule is CC1(C)CC(=O)c2ccc(-c3nc(-c4cccnc4)nn3-c3cccnc3)nc2C1. The molecular formula is C23H20N6O. The molecule has 0 amide bonds. The summed E-state index contributed by atoms with van der Waals surface area (Å²) in [5, 5.41) is 4.70. The van der Waals surface area contributed by atoms with Gasteiger partial charge in [0.25, 0.3) is 0 Å². The van der Waals surface area contributed by atoms with Crippen LogP contribution in [0.2, 0.25) is 0 Å². The number of carbonyl (C=O) groups is 1. The monoisotopic (exact) mass is 396 g/mol. The normalized spacial score (nSPS) is 15.1. The summed E-state index contributed by atoms with van der Waals surface area (Å²) < 4.78 is 1.74. The van der Waals surface area contributed by atoms with Gasteiger partial charge in [-0.2, -0.15) is 0 Å². The van der Waals surface area contributed by atoms with Gasteiger partial charge >= 0.3 is 0 Å². The molecule has 30 heavy (non-hydrogen) atoms. The maximum absolute atomic E-state index is 12.5. The van der Waals surface area contributed by atoms with E-state index in [1.165, 1.54) is 0 Å². The topological polar surface area (TPSA) is 86.5 Å². The van der Waals surface area contributed by atoms with Gasteiger partial charge in [-0.3, -0.25) is 14.8 Å². The number of fused-ring (bicyclic) bond motifs is 1. The Labute approximate surface area is 173 Å². The van der Waals surface area contributed by atoms with Crippen LogP contribution in [0.5, 0.6) is 0 Å². The van der Waals surface area contributed by atoms with Crippen molar-refractivity contribution in [2.24, 2.45) is 5.41 Å². The Kier molecular flexibility index (Phi) is 4.24. The molecule has 148 valence electrons. The molecule has 0 aromatic carbocycles. The Morgan fingerprint density at radius 3 is 2.47 bits per heavy atom. The van der Waals surface area contributed by atoms with Gasteiger partial charge in [0.15, 0.2) is 17.4 Å². The van der Waals surface area contributed by atoms with Crippen LogP contribution in [0.15, 0.2) is 61.2 Å². The van der Waals surface area contributed by atoms with Gasteiger partial charge in [0.1, 0.15) is 5.69 Å². The molecule has 7 nitrogen and oxygen atoms in total. The van der Waals surface area contributed by atoms with Crippen LogP contribution in [0.1, 0.15) is 36.3 Å². The Morgan fingerprint density at radius 2 is 1.73 bits per heavy atom. The van der Waals surface area contributed by atoms with E-state index in [9.17, 15) is 4.79 Å². The third kappa shape index (κ3) is 3.28. The van der Waals surface area contributed by atoms with Crippen LogP contribution in [0.25, 0.3) is 28.6 Å². The first-order valence-electron chi connectivity index (χ1n) is 9.82. The smallest absolute Gasteiger partial charge is 0.183 e. The van der Waals surface area contributed by atoms with E-state index in [4.69, 9.17) is 15.1 Å². The van der Waals surface area contributed by atoms with Crippen molar-refractivity contribution in [2.45, 2.75) is 26.7 Å². The van der Waals surface area contributed by atoms with Crippen molar-refractivity contribution in [3.8, 4) is 28.6 Å². The number of pyridine rings is 3. The quantitative estimate of drug-likeness (QED) is 0.521. The van der Waals surface area contributed by atoms with Crippen LogP contribution in [0, 0.1) is 5.41 Å². The molecule has 4 aromatic rings. The lowest BCUT2D eigenvalue weighted by Crippen LogP contribution is -2.28. The molecule has 4 heterocycles. The second kappa shape index (κ2) is 6.95. The van der Waals surface area contributed by atoms with Crippen LogP contribution in [0.3, 0.4) is 0 Å². The fourth-order valence-electron chi connectivity index (χ4n) is 3.81. The van der Waals surface area contributed by atoms with E-state index in [2.05, 4.69) is 23.8 Å². The molecule has 0 unspecified atom stereocenters. The minimum atomic E-state index is -0.104. The molecule has 1 aliphatic carbocycles. The molecular weight excluding hydrogens is 376 g/mol. The molecule has 0 spiro atoms. The molecule has 7 heteroatoms. The van der Waals surface area contributed by atoms with E-state index in [0.29, 0.717) is 29.3 Å². The minimum absolute atomic E-state index is 0.104. The summed E-state index contributed by atoms with van der Waals surface area (Å²) >= 11 is 0. The standard InChI is InChI=1S/C23H20N6O/c1-23(2)11-19-17(20(30)12-23)7-8-18(26-19)22-27-21(15-5-3-9-24-13-15)28-29(22)16-6-4-10-25-14-16/h3-10,13-14H,11-12H2,1-2H3. The Hall–Kier alpha value is -3.74. The minimum Gasteiger partial charge on any atom is -0.294 e. The molecule has 0 fully saturated rings. The van der Waals surface area contributed by atoms with E-state index in [1.54, 1.807) is 29.5 Å². The molecule has 1 aliphatic rings. The highest BCUT2D eigenvalue weighted by Crippen LogP contribution is 2.35. The third-order valence-electron chi connectivity index (χ3n) is 5.21. The summed E-state index contributed by atoms with van der Waals surface area (Å²) in [6.07, 6.45) is 8.18. The number of hydrogen-bond acceptors (Lipinski definition) is 6. The first-order valence-corrected chi connectivity index (χ1v) is 9.82. The number of hydrogen-bond donors (Lipinski definition) is 0. The predicted octanol–water partition coefficient (Wildman–Crippen LogP) is 3.94. The largest absolute Gasteiger partial charge is 0.294 e. The van der Waals surface area contributed by atoms with Gasteiger partial charge in [0.2, 0.25) is 0 Å². The van der Waals surface area contributed by atoms with Gasteiger partial charge in [0.05, 0.1) is 17.6 Å². The number of aromatic nitrogens is 6. The van der Waals surface area contributed by atoms with Crippen molar-refractivity contribution in [3.05, 3.63) is 72.4 Å².